The van der Waals surface area contributed by atoms with E-state index >= 15 is 0 Å². The fourth-order valence-electron chi connectivity index (χ4n) is 4.43. The van der Waals surface area contributed by atoms with Crippen LogP contribution < -0.4 is 0 Å². The van der Waals surface area contributed by atoms with E-state index in [0.29, 0.717) is 0 Å². The number of allylic oxidation sites excluding steroid dienone is 1. The van der Waals surface area contributed by atoms with E-state index in [1.165, 1.54) is 34.2 Å². The summed E-state index contributed by atoms with van der Waals surface area (Å²) in [6.45, 7) is 14.7. The molecule has 1 unspecified atom stereocenters. The summed E-state index contributed by atoms with van der Waals surface area (Å²) in [4.78, 5) is 0. The zero-order chi connectivity index (χ0) is 20.4. The molecule has 0 N–H and O–H groups in total. The molecule has 0 spiro atoms. The smallest absolute Gasteiger partial charge is 0.0674 e. The summed E-state index contributed by atoms with van der Waals surface area (Å²) in [6, 6.07) is 17.6. The van der Waals surface area contributed by atoms with E-state index in [0.717, 1.165) is 19.4 Å². The molecule has 1 aliphatic carbocycles. The van der Waals surface area contributed by atoms with Gasteiger partial charge in [0.15, 0.2) is 0 Å². The van der Waals surface area contributed by atoms with Crippen LogP contribution in [0.3, 0.4) is 0 Å². The Morgan fingerprint density at radius 1 is 1.04 bits per heavy atom. The summed E-state index contributed by atoms with van der Waals surface area (Å²) < 4.78 is 6.41. The maximum atomic E-state index is 6.41. The first-order chi connectivity index (χ1) is 13.3. The van der Waals surface area contributed by atoms with E-state index in [1.807, 2.05) is 0 Å². The Morgan fingerprint density at radius 2 is 1.75 bits per heavy atom. The van der Waals surface area contributed by atoms with Crippen LogP contribution in [0.1, 0.15) is 83.1 Å². The van der Waals surface area contributed by atoms with Gasteiger partial charge in [-0.15, -0.1) is 0 Å². The first-order valence-corrected chi connectivity index (χ1v) is 10.8. The lowest BCUT2D eigenvalue weighted by Gasteiger charge is -2.47. The van der Waals surface area contributed by atoms with Gasteiger partial charge in [0.2, 0.25) is 0 Å². The Morgan fingerprint density at radius 3 is 2.43 bits per heavy atom. The molecule has 0 aliphatic heterocycles. The minimum absolute atomic E-state index is 0.0155. The second-order valence-corrected chi connectivity index (χ2v) is 9.52. The Bertz CT molecular complexity index is 827. The van der Waals surface area contributed by atoms with E-state index in [2.05, 4.69) is 96.1 Å². The van der Waals surface area contributed by atoms with Crippen LogP contribution in [0, 0.1) is 0 Å². The Labute approximate surface area is 171 Å². The van der Waals surface area contributed by atoms with Gasteiger partial charge in [0.25, 0.3) is 0 Å². The molecular formula is C27H36O. The van der Waals surface area contributed by atoms with Crippen molar-refractivity contribution in [3.05, 3.63) is 70.8 Å². The van der Waals surface area contributed by atoms with Crippen LogP contribution in [0.2, 0.25) is 0 Å². The van der Waals surface area contributed by atoms with E-state index in [1.54, 1.807) is 0 Å². The highest BCUT2D eigenvalue weighted by atomic mass is 16.5. The van der Waals surface area contributed by atoms with E-state index in [4.69, 9.17) is 4.74 Å². The molecule has 2 aromatic carbocycles. The molecule has 0 aromatic heterocycles. The summed E-state index contributed by atoms with van der Waals surface area (Å²) in [6.07, 6.45) is 5.93. The zero-order valence-electron chi connectivity index (χ0n) is 18.5. The molecule has 2 aromatic rings. The Kier molecular flexibility index (Phi) is 6.15. The highest BCUT2D eigenvalue weighted by Crippen LogP contribution is 2.47. The summed E-state index contributed by atoms with van der Waals surface area (Å²) in [5, 5.41) is 0. The van der Waals surface area contributed by atoms with Gasteiger partial charge in [-0.05, 0) is 53.0 Å². The molecular weight excluding hydrogens is 340 g/mol. The molecule has 0 saturated heterocycles. The number of benzene rings is 2. The molecule has 1 atom stereocenters. The third-order valence-corrected chi connectivity index (χ3v) is 6.40. The normalized spacial score (nSPS) is 20.6. The van der Waals surface area contributed by atoms with Crippen molar-refractivity contribution >= 4 is 11.6 Å². The highest BCUT2D eigenvalue weighted by molar-refractivity contribution is 5.80. The summed E-state index contributed by atoms with van der Waals surface area (Å²) >= 11 is 0. The molecule has 1 aliphatic rings. The van der Waals surface area contributed by atoms with Crippen molar-refractivity contribution < 1.29 is 4.74 Å². The third-order valence-electron chi connectivity index (χ3n) is 6.40. The second kappa shape index (κ2) is 8.25. The van der Waals surface area contributed by atoms with E-state index in [-0.39, 0.29) is 16.9 Å². The minimum atomic E-state index is 0.0155. The molecule has 0 fully saturated rings. The van der Waals surface area contributed by atoms with Crippen molar-refractivity contribution in [1.29, 1.82) is 0 Å². The molecule has 0 radical (unpaired) electrons. The predicted molar refractivity (Wildman–Crippen MR) is 122 cm³/mol. The van der Waals surface area contributed by atoms with Crippen molar-refractivity contribution in [2.45, 2.75) is 77.7 Å². The zero-order valence-corrected chi connectivity index (χ0v) is 18.5. The molecule has 0 bridgehead atoms. The fourth-order valence-corrected chi connectivity index (χ4v) is 4.43. The summed E-state index contributed by atoms with van der Waals surface area (Å²) in [5.74, 6) is 0. The van der Waals surface area contributed by atoms with Gasteiger partial charge < -0.3 is 4.74 Å². The Balaban J connectivity index is 1.98. The molecule has 3 rings (SSSR count). The van der Waals surface area contributed by atoms with Crippen LogP contribution in [-0.4, -0.2) is 12.7 Å². The van der Waals surface area contributed by atoms with Gasteiger partial charge in [0.05, 0.1) is 6.10 Å². The van der Waals surface area contributed by atoms with Crippen LogP contribution in [0.15, 0.2) is 48.5 Å². The first kappa shape index (κ1) is 20.9. The van der Waals surface area contributed by atoms with Crippen LogP contribution in [0.25, 0.3) is 11.6 Å². The lowest BCUT2D eigenvalue weighted by molar-refractivity contribution is -0.0199. The lowest BCUT2D eigenvalue weighted by atomic mass is 9.61. The Hall–Kier alpha value is -1.86. The van der Waals surface area contributed by atoms with Crippen molar-refractivity contribution in [3.8, 4) is 0 Å². The van der Waals surface area contributed by atoms with Crippen molar-refractivity contribution in [2.24, 2.45) is 0 Å². The molecule has 0 heterocycles. The number of fused-ring (bicyclic) bond motifs is 1. The SMILES string of the molecule is CCCCOC1CC(C)(C)c2ccc(/C(C)=C/c3ccccc3)cc2C1(C)C. The average molecular weight is 377 g/mol. The topological polar surface area (TPSA) is 9.23 Å². The summed E-state index contributed by atoms with van der Waals surface area (Å²) in [5.41, 5.74) is 6.93. The van der Waals surface area contributed by atoms with Crippen molar-refractivity contribution in [1.82, 2.24) is 0 Å². The van der Waals surface area contributed by atoms with Crippen LogP contribution in [-0.2, 0) is 15.6 Å². The summed E-state index contributed by atoms with van der Waals surface area (Å²) in [7, 11) is 0. The van der Waals surface area contributed by atoms with Gasteiger partial charge in [0.1, 0.15) is 0 Å². The van der Waals surface area contributed by atoms with E-state index < -0.39 is 0 Å². The first-order valence-electron chi connectivity index (χ1n) is 10.8. The molecule has 0 amide bonds. The number of hydrogen-bond donors (Lipinski definition) is 0. The van der Waals surface area contributed by atoms with Gasteiger partial charge in [-0.25, -0.2) is 0 Å². The minimum Gasteiger partial charge on any atom is -0.377 e. The van der Waals surface area contributed by atoms with E-state index in [9.17, 15) is 0 Å². The standard InChI is InChI=1S/C27H36O/c1-7-8-16-28-25-19-26(3,4)23-15-14-22(18-24(23)27(25,5)6)20(2)17-21-12-10-9-11-13-21/h9-15,17-18,25H,7-8,16,19H2,1-6H3/b20-17+. The van der Waals surface area contributed by atoms with Crippen molar-refractivity contribution in [2.75, 3.05) is 6.61 Å². The fraction of sp³-hybridized carbons (Fsp3) is 0.481. The largest absolute Gasteiger partial charge is 0.377 e. The van der Waals surface area contributed by atoms with Crippen LogP contribution in [0.4, 0.5) is 0 Å². The monoisotopic (exact) mass is 376 g/mol. The van der Waals surface area contributed by atoms with Gasteiger partial charge in [-0.2, -0.15) is 0 Å². The number of unbranched alkanes of at least 4 members (excludes halogenated alkanes) is 1. The van der Waals surface area contributed by atoms with Gasteiger partial charge in [-0.3, -0.25) is 0 Å². The lowest BCUT2D eigenvalue weighted by Crippen LogP contribution is -2.46. The molecule has 1 heteroatoms. The maximum Gasteiger partial charge on any atom is 0.0674 e. The number of hydrogen-bond acceptors (Lipinski definition) is 1. The third kappa shape index (κ3) is 4.25. The van der Waals surface area contributed by atoms with Gasteiger partial charge in [0, 0.05) is 12.0 Å². The molecule has 1 nitrogen and oxygen atoms in total. The predicted octanol–water partition coefficient (Wildman–Crippen LogP) is 7.39. The number of ether oxygens (including phenoxy) is 1. The molecule has 150 valence electrons. The highest BCUT2D eigenvalue weighted by Gasteiger charge is 2.44. The van der Waals surface area contributed by atoms with Crippen molar-refractivity contribution in [3.63, 3.8) is 0 Å². The average Bonchev–Trinajstić information content (AvgIpc) is 2.66. The van der Waals surface area contributed by atoms with Crippen LogP contribution >= 0.6 is 0 Å². The maximum absolute atomic E-state index is 6.41. The molecule has 28 heavy (non-hydrogen) atoms. The number of rotatable bonds is 6. The van der Waals surface area contributed by atoms with Gasteiger partial charge >= 0.3 is 0 Å². The second-order valence-electron chi connectivity index (χ2n) is 9.52. The quantitative estimate of drug-likeness (QED) is 0.377. The molecule has 0 saturated carbocycles. The van der Waals surface area contributed by atoms with Crippen LogP contribution in [0.5, 0.6) is 0 Å². The van der Waals surface area contributed by atoms with Gasteiger partial charge in [-0.1, -0.05) is 95.6 Å².